The zero-order chi connectivity index (χ0) is 72.4. The Labute approximate surface area is 545 Å². The summed E-state index contributed by atoms with van der Waals surface area (Å²) in [6.07, 6.45) is -2.96. The molecule has 12 atom stereocenters. The summed E-state index contributed by atoms with van der Waals surface area (Å²) in [6, 6.07) is -14.3. The maximum Gasteiger partial charge on any atom is 0.326 e. The van der Waals surface area contributed by atoms with Crippen LogP contribution in [0.1, 0.15) is 105 Å². The molecule has 532 valence electrons. The number of hydrogen-bond acceptors (Lipinski definition) is 22. The van der Waals surface area contributed by atoms with Gasteiger partial charge in [-0.2, -0.15) is 0 Å². The number of unbranched alkanes of at least 4 members (excludes halogenated alkanes) is 1. The van der Waals surface area contributed by atoms with Crippen LogP contribution >= 0.6 is 0 Å². The van der Waals surface area contributed by atoms with Crippen LogP contribution in [0.3, 0.4) is 0 Å². The van der Waals surface area contributed by atoms with Gasteiger partial charge in [-0.3, -0.25) is 71.9 Å². The normalized spacial score (nSPS) is 14.8. The highest BCUT2D eigenvalue weighted by molar-refractivity contribution is 6.00. The van der Waals surface area contributed by atoms with E-state index in [1.165, 1.54) is 52.0 Å². The highest BCUT2D eigenvalue weighted by atomic mass is 16.4. The Hall–Kier alpha value is -9.66. The fourth-order valence-electron chi connectivity index (χ4n) is 8.51. The van der Waals surface area contributed by atoms with Crippen molar-refractivity contribution in [1.82, 2.24) is 63.8 Å². The Morgan fingerprint density at radius 3 is 1.41 bits per heavy atom. The van der Waals surface area contributed by atoms with Crippen LogP contribution in [0.5, 0.6) is 5.75 Å². The first-order valence-electron chi connectivity index (χ1n) is 30.1. The van der Waals surface area contributed by atoms with Crippen LogP contribution in [0.15, 0.2) is 24.3 Å². The number of nitrogens with one attached hydrogen (secondary N) is 12. The number of carbonyl (C=O) groups is 16. The Morgan fingerprint density at radius 1 is 0.453 bits per heavy atom. The zero-order valence-electron chi connectivity index (χ0n) is 53.4. The molecule has 0 aliphatic heterocycles. The Morgan fingerprint density at radius 2 is 0.905 bits per heavy atom. The van der Waals surface area contributed by atoms with Gasteiger partial charge in [0.2, 0.25) is 76.8 Å². The number of rotatable bonds is 45. The van der Waals surface area contributed by atoms with Gasteiger partial charge in [0.25, 0.3) is 0 Å². The molecule has 13 amide bonds. The van der Waals surface area contributed by atoms with E-state index in [9.17, 15) is 112 Å². The molecule has 0 fully saturated rings. The lowest BCUT2D eigenvalue weighted by molar-refractivity contribution is -0.142. The number of carboxylic acids is 3. The highest BCUT2D eigenvalue weighted by Crippen LogP contribution is 2.14. The van der Waals surface area contributed by atoms with Crippen molar-refractivity contribution in [3.05, 3.63) is 29.8 Å². The number of aromatic hydroxyl groups is 1. The van der Waals surface area contributed by atoms with E-state index in [4.69, 9.17) is 17.2 Å². The van der Waals surface area contributed by atoms with E-state index in [1.54, 1.807) is 13.8 Å². The molecule has 1 aromatic carbocycles. The third-order valence-corrected chi connectivity index (χ3v) is 13.9. The summed E-state index contributed by atoms with van der Waals surface area (Å²) in [5.74, 6) is -20.0. The topological polar surface area (TPSA) is 637 Å². The molecular formula is C57H91N15O23. The summed E-state index contributed by atoms with van der Waals surface area (Å²) in [5.41, 5.74) is 16.5. The largest absolute Gasteiger partial charge is 0.508 e. The summed E-state index contributed by atoms with van der Waals surface area (Å²) in [6.45, 7) is 4.67. The Balaban J connectivity index is 3.39. The number of carboxylic acid groups (broad SMARTS) is 3. The number of benzene rings is 1. The fourth-order valence-corrected chi connectivity index (χ4v) is 8.51. The van der Waals surface area contributed by atoms with E-state index in [1.807, 2.05) is 0 Å². The molecule has 0 aliphatic carbocycles. The van der Waals surface area contributed by atoms with Gasteiger partial charge >= 0.3 is 17.9 Å². The maximum atomic E-state index is 14.3. The summed E-state index contributed by atoms with van der Waals surface area (Å²) >= 11 is 0. The van der Waals surface area contributed by atoms with Gasteiger partial charge in [-0.15, -0.1) is 0 Å². The van der Waals surface area contributed by atoms with Crippen LogP contribution in [0.2, 0.25) is 0 Å². The lowest BCUT2D eigenvalue weighted by atomic mass is 10.00. The van der Waals surface area contributed by atoms with E-state index in [-0.39, 0.29) is 24.2 Å². The van der Waals surface area contributed by atoms with Gasteiger partial charge in [0.15, 0.2) is 0 Å². The molecule has 0 heterocycles. The number of primary amides is 1. The van der Waals surface area contributed by atoms with Crippen LogP contribution in [0.4, 0.5) is 0 Å². The van der Waals surface area contributed by atoms with E-state index in [0.29, 0.717) is 19.4 Å². The predicted octanol–water partition coefficient (Wildman–Crippen LogP) is -8.75. The number of aliphatic hydroxyl groups excluding tert-OH is 3. The quantitative estimate of drug-likeness (QED) is 0.0270. The number of phenolic OH excluding ortho intramolecular Hbond substituents is 1. The fraction of sp³-hybridized carbons (Fsp3) is 0.614. The van der Waals surface area contributed by atoms with Crippen molar-refractivity contribution in [3.63, 3.8) is 0 Å². The Bertz CT molecular complexity index is 2850. The van der Waals surface area contributed by atoms with Crippen LogP contribution in [-0.2, 0) is 83.1 Å². The number of phenols is 1. The molecule has 0 radical (unpaired) electrons. The number of aliphatic carboxylic acids is 3. The summed E-state index contributed by atoms with van der Waals surface area (Å²) in [5, 5.41) is 95.3. The van der Waals surface area contributed by atoms with Crippen molar-refractivity contribution in [2.24, 2.45) is 29.0 Å². The Kier molecular flexibility index (Phi) is 37.3. The van der Waals surface area contributed by atoms with Crippen molar-refractivity contribution in [1.29, 1.82) is 0 Å². The second-order valence-electron chi connectivity index (χ2n) is 22.8. The average Bonchev–Trinajstić information content (AvgIpc) is 2.75. The van der Waals surface area contributed by atoms with E-state index >= 15 is 0 Å². The molecule has 0 unspecified atom stereocenters. The summed E-state index contributed by atoms with van der Waals surface area (Å²) in [7, 11) is 0. The molecular weight excluding hydrogens is 1260 g/mol. The number of amides is 13. The lowest BCUT2D eigenvalue weighted by Crippen LogP contribution is -2.62. The van der Waals surface area contributed by atoms with Gasteiger partial charge in [-0.25, -0.2) is 4.79 Å². The van der Waals surface area contributed by atoms with Crippen molar-refractivity contribution >= 4 is 94.7 Å². The van der Waals surface area contributed by atoms with Crippen LogP contribution < -0.4 is 81.0 Å². The van der Waals surface area contributed by atoms with Crippen LogP contribution in [-0.4, -0.2) is 236 Å². The third-order valence-electron chi connectivity index (χ3n) is 13.9. The molecule has 1 aromatic rings. The van der Waals surface area contributed by atoms with Crippen molar-refractivity contribution in [2.45, 2.75) is 178 Å². The molecule has 0 saturated carbocycles. The minimum Gasteiger partial charge on any atom is -0.508 e. The third kappa shape index (κ3) is 31.7. The van der Waals surface area contributed by atoms with Crippen LogP contribution in [0, 0.1) is 11.8 Å². The number of hydrogen-bond donors (Lipinski definition) is 22. The number of aliphatic hydroxyl groups is 3. The van der Waals surface area contributed by atoms with E-state index in [0.717, 1.165) is 0 Å². The number of carbonyl (C=O) groups excluding carboxylic acids is 13. The molecule has 0 bridgehead atoms. The molecule has 0 saturated heterocycles. The molecule has 95 heavy (non-hydrogen) atoms. The minimum absolute atomic E-state index is 0.0548. The van der Waals surface area contributed by atoms with Gasteiger partial charge in [-0.05, 0) is 88.4 Å². The van der Waals surface area contributed by atoms with Crippen molar-refractivity contribution in [2.75, 3.05) is 32.9 Å². The van der Waals surface area contributed by atoms with Crippen LogP contribution in [0.25, 0.3) is 0 Å². The van der Waals surface area contributed by atoms with Gasteiger partial charge in [0, 0.05) is 19.3 Å². The lowest BCUT2D eigenvalue weighted by Gasteiger charge is -2.28. The highest BCUT2D eigenvalue weighted by Gasteiger charge is 2.37. The van der Waals surface area contributed by atoms with Crippen molar-refractivity contribution in [3.8, 4) is 5.75 Å². The first-order valence-corrected chi connectivity index (χ1v) is 30.1. The predicted molar refractivity (Wildman–Crippen MR) is 329 cm³/mol. The van der Waals surface area contributed by atoms with Gasteiger partial charge in [-0.1, -0.05) is 39.8 Å². The molecule has 0 spiro atoms. The molecule has 1 rings (SSSR count). The molecule has 0 aliphatic rings. The van der Waals surface area contributed by atoms with Gasteiger partial charge in [0.05, 0.1) is 32.8 Å². The first-order chi connectivity index (χ1) is 44.5. The van der Waals surface area contributed by atoms with E-state index in [2.05, 4.69) is 63.8 Å². The standard InChI is InChI=1S/C57H91N15O23/c1-26(2)19-36(51(88)65-33(15-17-43(79)80)49(86)61-22-42(78)64-34(14-16-41(60)77)50(87)63-28(5)46(83)62-29(6)47(84)66-35(57(94)95)9-7-8-18-58)68-52(89)37(20-30-10-12-31(76)13-11-30)69-54(91)39(24-74)70-55(92)40(25-75)71-56(93)45(27(3)4)72-53(90)38(21-44(81)82)67-48(85)32(59)23-73/h10-13,26-29,32-40,45,73-76H,7-9,14-25,58-59H2,1-6H3,(H2,60,77)(H,61,86)(H,62,83)(H,63,87)(H,64,78)(H,65,88)(H,66,84)(H,67,85)(H,68,89)(H,69,91)(H,70,92)(H,71,93)(H,72,90)(H,79,80)(H,81,82)(H,94,95)/t28-,29-,32-,33-,34-,35-,36-,37-,38-,39-,40-,45-/m0/s1. The molecule has 38 heteroatoms. The summed E-state index contributed by atoms with van der Waals surface area (Å²) < 4.78 is 0. The van der Waals surface area contributed by atoms with Gasteiger partial charge < -0.3 is 117 Å². The molecule has 25 N–H and O–H groups in total. The van der Waals surface area contributed by atoms with E-state index < -0.39 is 244 Å². The average molecular weight is 1350 g/mol. The SMILES string of the molecule is CC(C)C[C@H](NC(=O)[C@H](Cc1ccc(O)cc1)NC(=O)[C@H](CO)NC(=O)[C@H](CO)NC(=O)[C@@H](NC(=O)[C@H](CC(=O)O)NC(=O)[C@@H](N)CO)C(C)C)C(=O)N[C@@H](CCC(=O)O)C(=O)NCC(=O)N[C@@H](CCC(N)=O)C(=O)N[C@@H](C)C(=O)N[C@@H](C)C(=O)N[C@@H](CCCCN)C(=O)O. The first kappa shape index (κ1) is 83.4. The second-order valence-corrected chi connectivity index (χ2v) is 22.8. The maximum absolute atomic E-state index is 14.3. The molecule has 0 aromatic heterocycles. The molecule has 38 nitrogen and oxygen atoms in total. The second kappa shape index (κ2) is 42.5. The minimum atomic E-state index is -1.96. The number of nitrogens with two attached hydrogens (primary N) is 3. The smallest absolute Gasteiger partial charge is 0.326 e. The van der Waals surface area contributed by atoms with Gasteiger partial charge in [0.1, 0.15) is 78.3 Å². The zero-order valence-corrected chi connectivity index (χ0v) is 53.4. The summed E-state index contributed by atoms with van der Waals surface area (Å²) in [4.78, 5) is 208. The monoisotopic (exact) mass is 1350 g/mol. The van der Waals surface area contributed by atoms with Crippen molar-refractivity contribution < 1.29 is 112 Å².